The molecule has 0 aromatic carbocycles. The Bertz CT molecular complexity index is 1120. The van der Waals surface area contributed by atoms with Crippen molar-refractivity contribution in [3.8, 4) is 5.88 Å². The molecule has 0 spiro atoms. The molecule has 3 rings (SSSR count). The van der Waals surface area contributed by atoms with Gasteiger partial charge in [0, 0.05) is 33.5 Å². The first kappa shape index (κ1) is 27.7. The molecular formula is C23H31F3N4O5Si. The zero-order valence-electron chi connectivity index (χ0n) is 20.8. The minimum atomic E-state index is -4.88. The Kier molecular flexibility index (Phi) is 8.77. The van der Waals surface area contributed by atoms with Gasteiger partial charge in [-0.1, -0.05) is 19.6 Å². The Morgan fingerprint density at radius 3 is 2.69 bits per heavy atom. The average Bonchev–Trinajstić information content (AvgIpc) is 3.27. The zero-order chi connectivity index (χ0) is 26.5. The van der Waals surface area contributed by atoms with Crippen LogP contribution in [0.5, 0.6) is 5.88 Å². The lowest BCUT2D eigenvalue weighted by atomic mass is 10.2. The van der Waals surface area contributed by atoms with Crippen molar-refractivity contribution in [2.45, 2.75) is 57.5 Å². The smallest absolute Gasteiger partial charge is 0.423 e. The van der Waals surface area contributed by atoms with Gasteiger partial charge < -0.3 is 19.1 Å². The van der Waals surface area contributed by atoms with Gasteiger partial charge in [-0.2, -0.15) is 18.3 Å². The molecule has 1 aliphatic rings. The van der Waals surface area contributed by atoms with Crippen LogP contribution >= 0.6 is 0 Å². The molecule has 13 heteroatoms. The quantitative estimate of drug-likeness (QED) is 0.261. The highest BCUT2D eigenvalue weighted by Gasteiger charge is 2.41. The maximum atomic E-state index is 14.0. The lowest BCUT2D eigenvalue weighted by Gasteiger charge is -2.28. The maximum Gasteiger partial charge on any atom is 0.423 e. The second-order valence-corrected chi connectivity index (χ2v) is 15.4. The molecule has 2 aromatic heterocycles. The van der Waals surface area contributed by atoms with Gasteiger partial charge in [-0.15, -0.1) is 0 Å². The monoisotopic (exact) mass is 528 g/mol. The van der Waals surface area contributed by atoms with Crippen LogP contribution in [-0.4, -0.2) is 61.7 Å². The molecule has 198 valence electrons. The van der Waals surface area contributed by atoms with Crippen molar-refractivity contribution in [3.05, 3.63) is 46.0 Å². The lowest BCUT2D eigenvalue weighted by molar-refractivity contribution is -0.138. The van der Waals surface area contributed by atoms with Crippen LogP contribution in [-0.2, 0) is 22.4 Å². The number of carbonyl (C=O) groups excluding carboxylic acids is 1. The third kappa shape index (κ3) is 7.06. The van der Waals surface area contributed by atoms with E-state index in [9.17, 15) is 22.8 Å². The second kappa shape index (κ2) is 11.4. The van der Waals surface area contributed by atoms with Gasteiger partial charge in [-0.25, -0.2) is 14.5 Å². The highest BCUT2D eigenvalue weighted by molar-refractivity contribution is 6.76. The molecule has 1 aliphatic heterocycles. The number of hydrogen-bond acceptors (Lipinski definition) is 8. The van der Waals surface area contributed by atoms with Gasteiger partial charge in [0.1, 0.15) is 18.9 Å². The van der Waals surface area contributed by atoms with Crippen LogP contribution in [0.4, 0.5) is 18.9 Å². The van der Waals surface area contributed by atoms with E-state index in [1.54, 1.807) is 0 Å². The van der Waals surface area contributed by atoms with Crippen LogP contribution in [0.2, 0.25) is 25.7 Å². The van der Waals surface area contributed by atoms with E-state index in [0.29, 0.717) is 30.7 Å². The molecule has 0 N–H and O–H groups in total. The van der Waals surface area contributed by atoms with E-state index in [2.05, 4.69) is 34.5 Å². The van der Waals surface area contributed by atoms with Crippen molar-refractivity contribution in [3.63, 3.8) is 0 Å². The molecule has 0 aliphatic carbocycles. The van der Waals surface area contributed by atoms with Gasteiger partial charge in [0.2, 0.25) is 5.88 Å². The molecular weight excluding hydrogens is 497 g/mol. The Morgan fingerprint density at radius 2 is 2.03 bits per heavy atom. The van der Waals surface area contributed by atoms with Gasteiger partial charge in [-0.05, 0) is 25.0 Å². The van der Waals surface area contributed by atoms with Crippen LogP contribution in [0.1, 0.15) is 28.8 Å². The molecule has 0 bridgehead atoms. The van der Waals surface area contributed by atoms with Gasteiger partial charge in [0.05, 0.1) is 30.6 Å². The first-order chi connectivity index (χ1) is 16.9. The minimum absolute atomic E-state index is 0.0117. The van der Waals surface area contributed by atoms with Crippen LogP contribution in [0.15, 0.2) is 29.3 Å². The van der Waals surface area contributed by atoms with Crippen molar-refractivity contribution in [2.24, 2.45) is 0 Å². The number of carbonyl (C=O) groups is 1. The normalized spacial score (nSPS) is 16.3. The Morgan fingerprint density at radius 1 is 1.28 bits per heavy atom. The molecule has 0 unspecified atom stereocenters. The number of esters is 1. The van der Waals surface area contributed by atoms with Crippen LogP contribution in [0, 0.1) is 0 Å². The zero-order valence-corrected chi connectivity index (χ0v) is 21.8. The molecule has 0 saturated carbocycles. The summed E-state index contributed by atoms with van der Waals surface area (Å²) in [5, 5.41) is 3.97. The third-order valence-corrected chi connectivity index (χ3v) is 7.49. The molecule has 9 nitrogen and oxygen atoms in total. The Balaban J connectivity index is 1.78. The van der Waals surface area contributed by atoms with E-state index >= 15 is 0 Å². The number of nitrogens with zero attached hydrogens (tertiary/aromatic N) is 4. The summed E-state index contributed by atoms with van der Waals surface area (Å²) in [6.07, 6.45) is -1.26. The van der Waals surface area contributed by atoms with E-state index in [1.807, 2.05) is 0 Å². The molecule has 1 atom stereocenters. The standard InChI is InChI=1S/C23H31F3N4O5Si/c1-33-22(32)16-7-8-27-19(12-16)35-14-17-6-5-9-29(17)18-13-28-30(15-34-10-11-36(2,3)4)21(31)20(18)23(24,25)26/h7-8,12-13,17H,5-6,9-11,14-15H2,1-4H3/t17-/m0/s1. The lowest BCUT2D eigenvalue weighted by Crippen LogP contribution is -2.40. The molecule has 3 heterocycles. The largest absolute Gasteiger partial charge is 0.475 e. The minimum Gasteiger partial charge on any atom is -0.475 e. The first-order valence-electron chi connectivity index (χ1n) is 11.6. The van der Waals surface area contributed by atoms with Crippen molar-refractivity contribution < 1.29 is 32.2 Å². The number of pyridine rings is 1. The Hall–Kier alpha value is -2.93. The number of aromatic nitrogens is 3. The third-order valence-electron chi connectivity index (χ3n) is 5.78. The van der Waals surface area contributed by atoms with Crippen molar-refractivity contribution >= 4 is 19.7 Å². The molecule has 0 amide bonds. The van der Waals surface area contributed by atoms with Crippen LogP contribution in [0.3, 0.4) is 0 Å². The number of rotatable bonds is 10. The SMILES string of the molecule is COC(=O)c1ccnc(OC[C@@H]2CCCN2c2cnn(COCC[Si](C)(C)C)c(=O)c2C(F)(F)F)c1. The van der Waals surface area contributed by atoms with Crippen molar-refractivity contribution in [1.82, 2.24) is 14.8 Å². The molecule has 0 radical (unpaired) electrons. The summed E-state index contributed by atoms with van der Waals surface area (Å²) in [4.78, 5) is 30.1. The van der Waals surface area contributed by atoms with E-state index in [4.69, 9.17) is 9.47 Å². The first-order valence-corrected chi connectivity index (χ1v) is 15.3. The molecule has 2 aromatic rings. The number of halogens is 3. The van der Waals surface area contributed by atoms with Gasteiger partial charge in [-0.3, -0.25) is 4.79 Å². The fourth-order valence-corrected chi connectivity index (χ4v) is 4.58. The number of anilines is 1. The van der Waals surface area contributed by atoms with Gasteiger partial charge >= 0.3 is 12.1 Å². The molecule has 1 fully saturated rings. The number of ether oxygens (including phenoxy) is 3. The van der Waals surface area contributed by atoms with E-state index < -0.39 is 37.4 Å². The predicted octanol–water partition coefficient (Wildman–Crippen LogP) is 3.80. The Labute approximate surface area is 208 Å². The summed E-state index contributed by atoms with van der Waals surface area (Å²) >= 11 is 0. The van der Waals surface area contributed by atoms with Crippen molar-refractivity contribution in [2.75, 3.05) is 31.8 Å². The topological polar surface area (TPSA) is 95.8 Å². The fourth-order valence-electron chi connectivity index (χ4n) is 3.83. The van der Waals surface area contributed by atoms with Gasteiger partial charge in [0.15, 0.2) is 0 Å². The maximum absolute atomic E-state index is 14.0. The average molecular weight is 529 g/mol. The van der Waals surface area contributed by atoms with E-state index in [1.165, 1.54) is 30.3 Å². The summed E-state index contributed by atoms with van der Waals surface area (Å²) in [5.74, 6) is -0.416. The van der Waals surface area contributed by atoms with E-state index in [0.717, 1.165) is 12.2 Å². The summed E-state index contributed by atoms with van der Waals surface area (Å²) in [6, 6.07) is 3.24. The highest BCUT2D eigenvalue weighted by atomic mass is 28.3. The summed E-state index contributed by atoms with van der Waals surface area (Å²) in [7, 11) is -0.137. The van der Waals surface area contributed by atoms with Crippen LogP contribution in [0.25, 0.3) is 0 Å². The number of methoxy groups -OCH3 is 1. The second-order valence-electron chi connectivity index (χ2n) is 9.73. The molecule has 1 saturated heterocycles. The summed E-state index contributed by atoms with van der Waals surface area (Å²) < 4.78 is 58.6. The summed E-state index contributed by atoms with van der Waals surface area (Å²) in [5.41, 5.74) is -2.56. The highest BCUT2D eigenvalue weighted by Crippen LogP contribution is 2.36. The number of hydrogen-bond donors (Lipinski definition) is 0. The fraction of sp³-hybridized carbons (Fsp3) is 0.565. The van der Waals surface area contributed by atoms with Gasteiger partial charge in [0.25, 0.3) is 5.56 Å². The molecule has 36 heavy (non-hydrogen) atoms. The van der Waals surface area contributed by atoms with E-state index in [-0.39, 0.29) is 30.5 Å². The van der Waals surface area contributed by atoms with Crippen molar-refractivity contribution in [1.29, 1.82) is 0 Å². The predicted molar refractivity (Wildman–Crippen MR) is 129 cm³/mol. The van der Waals surface area contributed by atoms with Crippen LogP contribution < -0.4 is 15.2 Å². The number of alkyl halides is 3. The summed E-state index contributed by atoms with van der Waals surface area (Å²) in [6.45, 7) is 6.78.